The van der Waals surface area contributed by atoms with Gasteiger partial charge in [0, 0.05) is 46.0 Å². The Morgan fingerprint density at radius 1 is 1.11 bits per heavy atom. The number of amidine groups is 1. The smallest absolute Gasteiger partial charge is 0.426 e. The number of nitrogens with zero attached hydrogens (tertiary/aromatic N) is 3. The molecule has 2 rings (SSSR count). The number of carbonyl (C=O) groups is 3. The second kappa shape index (κ2) is 14.9. The van der Waals surface area contributed by atoms with Crippen LogP contribution in [0.4, 0.5) is 31.1 Å². The van der Waals surface area contributed by atoms with Crippen molar-refractivity contribution in [3.8, 4) is 0 Å². The monoisotopic (exact) mass is 561 g/mol. The largest absolute Gasteiger partial charge is 0.434 e. The number of carbonyl (C=O) groups excluding carboxylic acids is 3. The minimum absolute atomic E-state index is 0.128. The van der Waals surface area contributed by atoms with Gasteiger partial charge in [0.25, 0.3) is 6.10 Å². The van der Waals surface area contributed by atoms with Crippen molar-refractivity contribution in [3.63, 3.8) is 0 Å². The summed E-state index contributed by atoms with van der Waals surface area (Å²) >= 11 is 0. The van der Waals surface area contributed by atoms with Crippen LogP contribution in [0.5, 0.6) is 0 Å². The van der Waals surface area contributed by atoms with Gasteiger partial charge in [0.2, 0.25) is 6.41 Å². The van der Waals surface area contributed by atoms with E-state index < -0.39 is 30.0 Å². The molecular weight excluding hydrogens is 528 g/mol. The van der Waals surface area contributed by atoms with E-state index in [9.17, 15) is 40.7 Å². The lowest BCUT2D eigenvalue weighted by Gasteiger charge is -2.41. The zero-order valence-corrected chi connectivity index (χ0v) is 20.9. The van der Waals surface area contributed by atoms with Gasteiger partial charge in [-0.15, -0.1) is 0 Å². The van der Waals surface area contributed by atoms with Crippen LogP contribution in [0.2, 0.25) is 0 Å². The molecule has 0 spiro atoms. The van der Waals surface area contributed by atoms with E-state index in [0.717, 1.165) is 18.3 Å². The molecule has 2 saturated heterocycles. The molecule has 16 heteroatoms. The van der Waals surface area contributed by atoms with Gasteiger partial charge in [-0.2, -0.15) is 26.3 Å². The minimum Gasteiger partial charge on any atom is -0.426 e. The molecule has 0 aromatic carbocycles. The van der Waals surface area contributed by atoms with Crippen LogP contribution in [-0.2, 0) is 14.3 Å². The van der Waals surface area contributed by atoms with Crippen molar-refractivity contribution >= 4 is 24.6 Å². The van der Waals surface area contributed by atoms with Crippen LogP contribution in [0.3, 0.4) is 0 Å². The maximum Gasteiger partial charge on any atom is 0.434 e. The number of nitrogens with one attached hydrogen (secondary N) is 2. The first kappa shape index (κ1) is 33.1. The number of aliphatic hydroxyl groups excluding tert-OH is 1. The molecule has 0 atom stereocenters. The van der Waals surface area contributed by atoms with Crippen molar-refractivity contribution in [1.29, 1.82) is 5.41 Å². The summed E-state index contributed by atoms with van der Waals surface area (Å²) in [6, 6.07) is 0. The number of rotatable bonds is 10. The van der Waals surface area contributed by atoms with Gasteiger partial charge in [-0.3, -0.25) is 15.1 Å². The van der Waals surface area contributed by atoms with Gasteiger partial charge < -0.3 is 29.8 Å². The summed E-state index contributed by atoms with van der Waals surface area (Å²) in [5, 5.41) is 17.7. The van der Waals surface area contributed by atoms with E-state index in [1.807, 2.05) is 6.08 Å². The highest BCUT2D eigenvalue weighted by molar-refractivity contribution is 5.83. The maximum atomic E-state index is 12.7. The maximum absolute atomic E-state index is 12.7. The number of hydrogen-bond acceptors (Lipinski definition) is 7. The standard InChI is InChI=1S/C21H29F6N5O4.CH4O/c22-20(23,24)17(21(25,26)27)36-18(35)32-8-4-19(5-9-32,2-1-6-29-15-34)3-7-31-11-10-30(12-13-33)14-16(31)28;1-2/h3,7,13,15,17,28H,1-2,4-6,8-12,14H2,(H,29,34);2H,1H3/b7-3+,28-16?;. The first-order chi connectivity index (χ1) is 17.8. The quantitative estimate of drug-likeness (QED) is 0.212. The summed E-state index contributed by atoms with van der Waals surface area (Å²) in [7, 11) is 1.00. The number of allylic oxidation sites excluding steroid dienone is 1. The highest BCUT2D eigenvalue weighted by Crippen LogP contribution is 2.39. The lowest BCUT2D eigenvalue weighted by atomic mass is 9.74. The van der Waals surface area contributed by atoms with Gasteiger partial charge in [-0.1, -0.05) is 6.08 Å². The summed E-state index contributed by atoms with van der Waals surface area (Å²) in [6.45, 7) is 1.61. The van der Waals surface area contributed by atoms with Gasteiger partial charge in [0.1, 0.15) is 12.1 Å². The van der Waals surface area contributed by atoms with E-state index in [1.165, 1.54) is 0 Å². The Kier molecular flexibility index (Phi) is 13.0. The third-order valence-corrected chi connectivity index (χ3v) is 6.23. The molecule has 10 nitrogen and oxygen atoms in total. The summed E-state index contributed by atoms with van der Waals surface area (Å²) in [5.41, 5.74) is -0.561. The van der Waals surface area contributed by atoms with Crippen molar-refractivity contribution in [2.75, 3.05) is 52.9 Å². The Balaban J connectivity index is 0.00000352. The molecule has 2 aliphatic heterocycles. The first-order valence-electron chi connectivity index (χ1n) is 11.7. The molecule has 2 aliphatic rings. The fourth-order valence-electron chi connectivity index (χ4n) is 4.17. The number of amides is 2. The molecule has 0 bridgehead atoms. The molecule has 0 unspecified atom stereocenters. The number of hydrogen-bond donors (Lipinski definition) is 3. The number of halogens is 6. The number of piperidine rings is 1. The molecule has 0 aromatic rings. The summed E-state index contributed by atoms with van der Waals surface area (Å²) < 4.78 is 80.3. The number of aldehydes is 1. The first-order valence-corrected chi connectivity index (χ1v) is 11.7. The highest BCUT2D eigenvalue weighted by atomic mass is 19.4. The fraction of sp³-hybridized carbons (Fsp3) is 0.727. The highest BCUT2D eigenvalue weighted by Gasteiger charge is 2.60. The fourth-order valence-corrected chi connectivity index (χ4v) is 4.17. The van der Waals surface area contributed by atoms with E-state index in [2.05, 4.69) is 10.1 Å². The lowest BCUT2D eigenvalue weighted by Crippen LogP contribution is -2.50. The predicted molar refractivity (Wildman–Crippen MR) is 123 cm³/mol. The molecule has 3 N–H and O–H groups in total. The van der Waals surface area contributed by atoms with Crippen LogP contribution in [0, 0.1) is 10.8 Å². The normalized spacial score (nSPS) is 18.7. The van der Waals surface area contributed by atoms with Crippen LogP contribution >= 0.6 is 0 Å². The van der Waals surface area contributed by atoms with E-state index >= 15 is 0 Å². The van der Waals surface area contributed by atoms with E-state index in [1.54, 1.807) is 16.0 Å². The van der Waals surface area contributed by atoms with Crippen molar-refractivity contribution in [2.45, 2.75) is 44.1 Å². The molecule has 2 heterocycles. The number of alkyl halides is 6. The summed E-state index contributed by atoms with van der Waals surface area (Å²) in [4.78, 5) is 37.7. The number of piperazine rings is 1. The van der Waals surface area contributed by atoms with Crippen molar-refractivity contribution in [3.05, 3.63) is 12.3 Å². The molecule has 38 heavy (non-hydrogen) atoms. The van der Waals surface area contributed by atoms with Crippen LogP contribution in [-0.4, -0.2) is 116 Å². The zero-order valence-electron chi connectivity index (χ0n) is 20.9. The second-order valence-electron chi connectivity index (χ2n) is 8.73. The SMILES string of the molecule is CO.N=C1CN(CC=O)CCN1/C=C/C1(CCCNC=O)CCN(C(=O)OC(C(F)(F)F)C(F)(F)F)CC1. The average molecular weight is 562 g/mol. The molecule has 0 saturated carbocycles. The van der Waals surface area contributed by atoms with Crippen molar-refractivity contribution in [2.24, 2.45) is 5.41 Å². The third kappa shape index (κ3) is 10.1. The van der Waals surface area contributed by atoms with Crippen molar-refractivity contribution < 1.29 is 50.6 Å². The van der Waals surface area contributed by atoms with Gasteiger partial charge in [0.05, 0.1) is 13.1 Å². The Bertz CT molecular complexity index is 801. The van der Waals surface area contributed by atoms with Crippen molar-refractivity contribution in [1.82, 2.24) is 20.0 Å². The molecule has 218 valence electrons. The Morgan fingerprint density at radius 2 is 1.71 bits per heavy atom. The lowest BCUT2D eigenvalue weighted by molar-refractivity contribution is -0.308. The van der Waals surface area contributed by atoms with E-state index in [4.69, 9.17) is 10.5 Å². The van der Waals surface area contributed by atoms with Gasteiger partial charge in [-0.25, -0.2) is 4.79 Å². The molecule has 2 amide bonds. The third-order valence-electron chi connectivity index (χ3n) is 6.23. The van der Waals surface area contributed by atoms with Gasteiger partial charge in [0.15, 0.2) is 0 Å². The predicted octanol–water partition coefficient (Wildman–Crippen LogP) is 2.14. The van der Waals surface area contributed by atoms with Gasteiger partial charge >= 0.3 is 18.4 Å². The summed E-state index contributed by atoms with van der Waals surface area (Å²) in [6.07, 6.45) is -11.1. The second-order valence-corrected chi connectivity index (χ2v) is 8.73. The van der Waals surface area contributed by atoms with Crippen LogP contribution < -0.4 is 5.32 Å². The molecular formula is C22H33F6N5O5. The van der Waals surface area contributed by atoms with E-state index in [0.29, 0.717) is 38.9 Å². The molecule has 0 aromatic heterocycles. The summed E-state index contributed by atoms with van der Waals surface area (Å²) in [5.74, 6) is 0.267. The Hall–Kier alpha value is -2.88. The van der Waals surface area contributed by atoms with Crippen LogP contribution in [0.15, 0.2) is 12.3 Å². The van der Waals surface area contributed by atoms with Crippen LogP contribution in [0.25, 0.3) is 0 Å². The Labute approximate surface area is 216 Å². The zero-order chi connectivity index (χ0) is 29.0. The number of ether oxygens (including phenoxy) is 1. The number of likely N-dealkylation sites (tertiary alicyclic amines) is 1. The topological polar surface area (TPSA) is 126 Å². The molecule has 2 fully saturated rings. The van der Waals surface area contributed by atoms with Crippen LogP contribution in [0.1, 0.15) is 25.7 Å². The van der Waals surface area contributed by atoms with E-state index in [-0.39, 0.29) is 44.9 Å². The Morgan fingerprint density at radius 3 is 2.21 bits per heavy atom. The minimum atomic E-state index is -5.79. The van der Waals surface area contributed by atoms with Gasteiger partial charge in [-0.05, 0) is 31.1 Å². The molecule has 0 aliphatic carbocycles. The number of aliphatic hydroxyl groups is 1. The molecule has 0 radical (unpaired) electrons. The average Bonchev–Trinajstić information content (AvgIpc) is 2.85.